The van der Waals surface area contributed by atoms with Crippen LogP contribution in [0.5, 0.6) is 0 Å². The van der Waals surface area contributed by atoms with Crippen molar-refractivity contribution >= 4 is 28.3 Å². The lowest BCUT2D eigenvalue weighted by Gasteiger charge is -2.26. The number of anilines is 1. The lowest BCUT2D eigenvalue weighted by Crippen LogP contribution is -2.36. The van der Waals surface area contributed by atoms with Gasteiger partial charge in [0.1, 0.15) is 12.1 Å². The summed E-state index contributed by atoms with van der Waals surface area (Å²) in [6.07, 6.45) is 3.69. The molecule has 2 aromatic heterocycles. The molecule has 0 saturated carbocycles. The van der Waals surface area contributed by atoms with Crippen molar-refractivity contribution in [1.82, 2.24) is 9.88 Å². The van der Waals surface area contributed by atoms with Crippen molar-refractivity contribution < 1.29 is 18.4 Å². The lowest BCUT2D eigenvalue weighted by atomic mass is 10.1. The Morgan fingerprint density at radius 1 is 1.26 bits per heavy atom. The molecular weight excluding hydrogens is 369 g/mol. The maximum atomic E-state index is 13.0. The third-order valence-electron chi connectivity index (χ3n) is 4.36. The number of rotatable bonds is 4. The maximum absolute atomic E-state index is 13.0. The van der Waals surface area contributed by atoms with Crippen LogP contribution in [0.25, 0.3) is 0 Å². The van der Waals surface area contributed by atoms with E-state index in [0.717, 1.165) is 16.1 Å². The summed E-state index contributed by atoms with van der Waals surface area (Å²) in [7, 11) is 0. The highest BCUT2D eigenvalue weighted by atomic mass is 32.1. The average molecular weight is 385 g/mol. The second-order valence-corrected chi connectivity index (χ2v) is 7.31. The number of benzene rings is 1. The maximum Gasteiger partial charge on any atom is 0.260 e. The van der Waals surface area contributed by atoms with Crippen LogP contribution in [0.15, 0.2) is 47.3 Å². The van der Waals surface area contributed by atoms with Crippen LogP contribution >= 0.6 is 11.3 Å². The minimum atomic E-state index is -0.316. The fourth-order valence-electron chi connectivity index (χ4n) is 2.91. The van der Waals surface area contributed by atoms with Gasteiger partial charge in [0.25, 0.3) is 5.91 Å². The smallest absolute Gasteiger partial charge is 0.260 e. The molecule has 27 heavy (non-hydrogen) atoms. The van der Waals surface area contributed by atoms with Gasteiger partial charge in [0.15, 0.2) is 5.13 Å². The number of furan rings is 1. The molecule has 4 rings (SSSR count). The number of halogens is 1. The fourth-order valence-corrected chi connectivity index (χ4v) is 3.93. The number of nitrogens with zero attached hydrogens (tertiary/aromatic N) is 2. The predicted molar refractivity (Wildman–Crippen MR) is 98.0 cm³/mol. The Bertz CT molecular complexity index is 967. The summed E-state index contributed by atoms with van der Waals surface area (Å²) in [6.45, 7) is 1.04. The number of amides is 2. The summed E-state index contributed by atoms with van der Waals surface area (Å²) in [4.78, 5) is 31.8. The van der Waals surface area contributed by atoms with Crippen molar-refractivity contribution in [2.45, 2.75) is 19.4 Å². The first-order valence-electron chi connectivity index (χ1n) is 8.43. The zero-order valence-corrected chi connectivity index (χ0v) is 15.1. The zero-order chi connectivity index (χ0) is 18.8. The SMILES string of the molecule is O=C(Nc1nc2c(s1)CN(C(=O)Cc1ccc(F)cc1)CC2)c1ccoc1. The first kappa shape index (κ1) is 17.4. The second-order valence-electron chi connectivity index (χ2n) is 6.22. The summed E-state index contributed by atoms with van der Waals surface area (Å²) in [6, 6.07) is 7.54. The van der Waals surface area contributed by atoms with E-state index in [0.29, 0.717) is 30.2 Å². The van der Waals surface area contributed by atoms with E-state index in [9.17, 15) is 14.0 Å². The van der Waals surface area contributed by atoms with Crippen molar-refractivity contribution in [2.75, 3.05) is 11.9 Å². The van der Waals surface area contributed by atoms with Gasteiger partial charge in [-0.3, -0.25) is 14.9 Å². The number of thiazole rings is 1. The monoisotopic (exact) mass is 385 g/mol. The van der Waals surface area contributed by atoms with Gasteiger partial charge in [-0.1, -0.05) is 23.5 Å². The first-order valence-corrected chi connectivity index (χ1v) is 9.24. The van der Waals surface area contributed by atoms with Gasteiger partial charge in [-0.25, -0.2) is 9.37 Å². The van der Waals surface area contributed by atoms with E-state index in [2.05, 4.69) is 10.3 Å². The van der Waals surface area contributed by atoms with E-state index in [1.165, 1.54) is 36.0 Å². The number of aromatic nitrogens is 1. The summed E-state index contributed by atoms with van der Waals surface area (Å²) >= 11 is 1.37. The molecule has 0 unspecified atom stereocenters. The molecule has 0 radical (unpaired) electrons. The van der Waals surface area contributed by atoms with Gasteiger partial charge in [-0.2, -0.15) is 0 Å². The first-order chi connectivity index (χ1) is 13.1. The summed E-state index contributed by atoms with van der Waals surface area (Å²) < 4.78 is 17.9. The molecule has 3 aromatic rings. The molecule has 3 heterocycles. The summed E-state index contributed by atoms with van der Waals surface area (Å²) in [5.41, 5.74) is 2.12. The highest BCUT2D eigenvalue weighted by Crippen LogP contribution is 2.29. The van der Waals surface area contributed by atoms with E-state index in [4.69, 9.17) is 4.42 Å². The summed E-state index contributed by atoms with van der Waals surface area (Å²) in [5, 5.41) is 3.27. The van der Waals surface area contributed by atoms with Crippen LogP contribution < -0.4 is 5.32 Å². The molecule has 0 atom stereocenters. The molecule has 0 aliphatic carbocycles. The molecule has 1 aliphatic rings. The molecule has 8 heteroatoms. The van der Waals surface area contributed by atoms with Crippen LogP contribution in [0.1, 0.15) is 26.5 Å². The Morgan fingerprint density at radius 2 is 2.07 bits per heavy atom. The Labute approximate surface area is 158 Å². The van der Waals surface area contributed by atoms with E-state index >= 15 is 0 Å². The van der Waals surface area contributed by atoms with Crippen LogP contribution in [0.4, 0.5) is 9.52 Å². The largest absolute Gasteiger partial charge is 0.472 e. The standard InChI is InChI=1S/C19H16FN3O3S/c20-14-3-1-12(2-4-14)9-17(24)23-7-5-15-16(10-23)27-19(21-15)22-18(25)13-6-8-26-11-13/h1-4,6,8,11H,5,7,9-10H2,(H,21,22,25). The van der Waals surface area contributed by atoms with E-state index in [1.54, 1.807) is 23.1 Å². The van der Waals surface area contributed by atoms with Crippen molar-refractivity contribution in [3.63, 3.8) is 0 Å². The molecule has 0 spiro atoms. The molecular formula is C19H16FN3O3S. The molecule has 0 bridgehead atoms. The van der Waals surface area contributed by atoms with Crippen LogP contribution in [0.3, 0.4) is 0 Å². The van der Waals surface area contributed by atoms with Gasteiger partial charge in [0.2, 0.25) is 5.91 Å². The topological polar surface area (TPSA) is 75.4 Å². The van der Waals surface area contributed by atoms with Crippen LogP contribution in [0.2, 0.25) is 0 Å². The van der Waals surface area contributed by atoms with Gasteiger partial charge >= 0.3 is 0 Å². The van der Waals surface area contributed by atoms with Crippen molar-refractivity contribution in [1.29, 1.82) is 0 Å². The predicted octanol–water partition coefficient (Wildman–Crippen LogP) is 3.25. The van der Waals surface area contributed by atoms with E-state index < -0.39 is 0 Å². The van der Waals surface area contributed by atoms with Gasteiger partial charge in [0, 0.05) is 17.8 Å². The molecule has 2 amide bonds. The van der Waals surface area contributed by atoms with Crippen LogP contribution in [-0.2, 0) is 24.2 Å². The molecule has 1 aromatic carbocycles. The minimum absolute atomic E-state index is 0.00959. The fraction of sp³-hybridized carbons (Fsp3) is 0.211. The van der Waals surface area contributed by atoms with Gasteiger partial charge < -0.3 is 9.32 Å². The molecule has 1 aliphatic heterocycles. The highest BCUT2D eigenvalue weighted by molar-refractivity contribution is 7.15. The zero-order valence-electron chi connectivity index (χ0n) is 14.3. The average Bonchev–Trinajstić information content (AvgIpc) is 3.32. The Kier molecular flexibility index (Phi) is 4.72. The Hall–Kier alpha value is -3.00. The molecule has 6 nitrogen and oxygen atoms in total. The number of hydrogen-bond donors (Lipinski definition) is 1. The number of carbonyl (C=O) groups excluding carboxylic acids is 2. The summed E-state index contributed by atoms with van der Waals surface area (Å²) in [5.74, 6) is -0.604. The van der Waals surface area contributed by atoms with E-state index in [-0.39, 0.29) is 24.1 Å². The van der Waals surface area contributed by atoms with Gasteiger partial charge in [-0.05, 0) is 23.8 Å². The molecule has 0 fully saturated rings. The third-order valence-corrected chi connectivity index (χ3v) is 5.35. The Balaban J connectivity index is 1.40. The van der Waals surface area contributed by atoms with Crippen LogP contribution in [-0.4, -0.2) is 28.2 Å². The van der Waals surface area contributed by atoms with Crippen molar-refractivity contribution in [2.24, 2.45) is 0 Å². The quantitative estimate of drug-likeness (QED) is 0.748. The van der Waals surface area contributed by atoms with Crippen molar-refractivity contribution in [3.05, 3.63) is 70.4 Å². The Morgan fingerprint density at radius 3 is 2.81 bits per heavy atom. The number of hydrogen-bond acceptors (Lipinski definition) is 5. The number of carbonyl (C=O) groups is 2. The minimum Gasteiger partial charge on any atom is -0.472 e. The lowest BCUT2D eigenvalue weighted by molar-refractivity contribution is -0.131. The van der Waals surface area contributed by atoms with E-state index in [1.807, 2.05) is 0 Å². The van der Waals surface area contributed by atoms with Crippen molar-refractivity contribution in [3.8, 4) is 0 Å². The molecule has 1 N–H and O–H groups in total. The highest BCUT2D eigenvalue weighted by Gasteiger charge is 2.24. The second kappa shape index (κ2) is 7.32. The third kappa shape index (κ3) is 3.90. The van der Waals surface area contributed by atoms with Gasteiger partial charge in [0.05, 0.1) is 30.5 Å². The normalized spacial score (nSPS) is 13.3. The number of nitrogens with one attached hydrogen (secondary N) is 1. The number of fused-ring (bicyclic) bond motifs is 1. The van der Waals surface area contributed by atoms with Gasteiger partial charge in [-0.15, -0.1) is 0 Å². The van der Waals surface area contributed by atoms with Crippen LogP contribution in [0, 0.1) is 5.82 Å². The molecule has 0 saturated heterocycles. The molecule has 138 valence electrons.